The minimum absolute atomic E-state index is 0.480. The molecule has 0 atom stereocenters. The van der Waals surface area contributed by atoms with E-state index < -0.39 is 0 Å². The van der Waals surface area contributed by atoms with Crippen molar-refractivity contribution < 1.29 is 4.74 Å². The summed E-state index contributed by atoms with van der Waals surface area (Å²) in [6, 6.07) is 17.9. The Balaban J connectivity index is 1.71. The van der Waals surface area contributed by atoms with E-state index in [1.54, 1.807) is 0 Å². The predicted molar refractivity (Wildman–Crippen MR) is 88.6 cm³/mol. The Morgan fingerprint density at radius 1 is 0.762 bits per heavy atom. The van der Waals surface area contributed by atoms with E-state index in [-0.39, 0.29) is 0 Å². The molecular weight excluding hydrogens is 256 g/mol. The van der Waals surface area contributed by atoms with E-state index in [9.17, 15) is 0 Å². The predicted octanol–water partition coefficient (Wildman–Crippen LogP) is 5.33. The van der Waals surface area contributed by atoms with E-state index in [4.69, 9.17) is 4.74 Å². The molecule has 1 saturated carbocycles. The Bertz CT molecular complexity index is 560. The zero-order valence-electron chi connectivity index (χ0n) is 13.0. The molecule has 1 aliphatic carbocycles. The summed E-state index contributed by atoms with van der Waals surface area (Å²) in [5.41, 5.74) is 5.41. The van der Waals surface area contributed by atoms with E-state index in [1.807, 2.05) is 7.11 Å². The van der Waals surface area contributed by atoms with Crippen LogP contribution in [0.3, 0.4) is 0 Å². The molecule has 1 fully saturated rings. The lowest BCUT2D eigenvalue weighted by atomic mass is 9.82. The first-order chi connectivity index (χ1) is 10.3. The summed E-state index contributed by atoms with van der Waals surface area (Å²) >= 11 is 0. The largest absolute Gasteiger partial charge is 0.381 e. The SMILES string of the molecule is COC1CCC(c2ccc(-c3ccc(C)cc3)cc2)CC1. The van der Waals surface area contributed by atoms with Crippen molar-refractivity contribution in [1.29, 1.82) is 0 Å². The van der Waals surface area contributed by atoms with Crippen molar-refractivity contribution in [3.63, 3.8) is 0 Å². The molecule has 0 N–H and O–H groups in total. The van der Waals surface area contributed by atoms with Crippen molar-refractivity contribution in [2.24, 2.45) is 0 Å². The van der Waals surface area contributed by atoms with Gasteiger partial charge in [-0.2, -0.15) is 0 Å². The van der Waals surface area contributed by atoms with Crippen molar-refractivity contribution in [2.45, 2.75) is 44.6 Å². The first-order valence-electron chi connectivity index (χ1n) is 7.96. The van der Waals surface area contributed by atoms with E-state index in [0.717, 1.165) is 0 Å². The van der Waals surface area contributed by atoms with Gasteiger partial charge in [-0.15, -0.1) is 0 Å². The first-order valence-corrected chi connectivity index (χ1v) is 7.96. The van der Waals surface area contributed by atoms with Gasteiger partial charge in [-0.1, -0.05) is 54.1 Å². The summed E-state index contributed by atoms with van der Waals surface area (Å²) < 4.78 is 5.46. The summed E-state index contributed by atoms with van der Waals surface area (Å²) in [4.78, 5) is 0. The molecule has 0 aromatic heterocycles. The molecule has 0 unspecified atom stereocenters. The third-order valence-electron chi connectivity index (χ3n) is 4.77. The van der Waals surface area contributed by atoms with Crippen LogP contribution in [0.1, 0.15) is 42.7 Å². The van der Waals surface area contributed by atoms with Crippen LogP contribution < -0.4 is 0 Å². The molecule has 2 aromatic carbocycles. The van der Waals surface area contributed by atoms with Gasteiger partial charge >= 0.3 is 0 Å². The van der Waals surface area contributed by atoms with Crippen LogP contribution in [0, 0.1) is 6.92 Å². The fourth-order valence-electron chi connectivity index (χ4n) is 3.33. The van der Waals surface area contributed by atoms with Gasteiger partial charge in [0.2, 0.25) is 0 Å². The van der Waals surface area contributed by atoms with Gasteiger partial charge in [-0.3, -0.25) is 0 Å². The summed E-state index contributed by atoms with van der Waals surface area (Å²) in [6.07, 6.45) is 5.38. The average molecular weight is 280 g/mol. The summed E-state index contributed by atoms with van der Waals surface area (Å²) in [6.45, 7) is 2.13. The molecule has 0 spiro atoms. The molecule has 1 heteroatoms. The average Bonchev–Trinajstić information content (AvgIpc) is 2.56. The van der Waals surface area contributed by atoms with Crippen LogP contribution in [-0.4, -0.2) is 13.2 Å². The molecule has 110 valence electrons. The number of aryl methyl sites for hydroxylation is 1. The lowest BCUT2D eigenvalue weighted by Gasteiger charge is -2.27. The Hall–Kier alpha value is -1.60. The summed E-state index contributed by atoms with van der Waals surface area (Å²) in [5, 5.41) is 0. The Morgan fingerprint density at radius 2 is 1.29 bits per heavy atom. The van der Waals surface area contributed by atoms with Crippen LogP contribution in [0.5, 0.6) is 0 Å². The maximum Gasteiger partial charge on any atom is 0.0571 e. The van der Waals surface area contributed by atoms with E-state index >= 15 is 0 Å². The molecule has 2 aromatic rings. The number of hydrogen-bond acceptors (Lipinski definition) is 1. The highest BCUT2D eigenvalue weighted by Gasteiger charge is 2.21. The lowest BCUT2D eigenvalue weighted by Crippen LogP contribution is -2.19. The Labute approximate surface area is 128 Å². The first kappa shape index (κ1) is 14.3. The third-order valence-corrected chi connectivity index (χ3v) is 4.77. The second kappa shape index (κ2) is 6.44. The fourth-order valence-corrected chi connectivity index (χ4v) is 3.33. The normalized spacial score (nSPS) is 22.2. The number of benzene rings is 2. The molecule has 0 bridgehead atoms. The summed E-state index contributed by atoms with van der Waals surface area (Å²) in [5.74, 6) is 0.712. The molecule has 0 amide bonds. The number of methoxy groups -OCH3 is 1. The molecule has 0 aliphatic heterocycles. The Morgan fingerprint density at radius 3 is 1.81 bits per heavy atom. The monoisotopic (exact) mass is 280 g/mol. The number of rotatable bonds is 3. The molecule has 0 heterocycles. The highest BCUT2D eigenvalue weighted by atomic mass is 16.5. The van der Waals surface area contributed by atoms with Gasteiger partial charge in [-0.05, 0) is 55.2 Å². The van der Waals surface area contributed by atoms with Crippen molar-refractivity contribution in [3.05, 3.63) is 59.7 Å². The second-order valence-electron chi connectivity index (χ2n) is 6.20. The lowest BCUT2D eigenvalue weighted by molar-refractivity contribution is 0.0659. The molecule has 21 heavy (non-hydrogen) atoms. The van der Waals surface area contributed by atoms with Gasteiger partial charge in [0.15, 0.2) is 0 Å². The number of ether oxygens (including phenoxy) is 1. The maximum absolute atomic E-state index is 5.46. The minimum Gasteiger partial charge on any atom is -0.381 e. The van der Waals surface area contributed by atoms with Crippen LogP contribution in [-0.2, 0) is 4.74 Å². The van der Waals surface area contributed by atoms with Gasteiger partial charge in [0.1, 0.15) is 0 Å². The van der Waals surface area contributed by atoms with Crippen molar-refractivity contribution in [3.8, 4) is 11.1 Å². The smallest absolute Gasteiger partial charge is 0.0571 e. The summed E-state index contributed by atoms with van der Waals surface area (Å²) in [7, 11) is 1.83. The van der Waals surface area contributed by atoms with Crippen LogP contribution in [0.15, 0.2) is 48.5 Å². The van der Waals surface area contributed by atoms with Crippen LogP contribution in [0.2, 0.25) is 0 Å². The van der Waals surface area contributed by atoms with Gasteiger partial charge in [0.25, 0.3) is 0 Å². The standard InChI is InChI=1S/C20H24O/c1-15-3-5-16(6-4-15)17-7-9-18(10-8-17)19-11-13-20(21-2)14-12-19/h3-10,19-20H,11-14H2,1-2H3. The van der Waals surface area contributed by atoms with E-state index in [2.05, 4.69) is 55.5 Å². The van der Waals surface area contributed by atoms with E-state index in [0.29, 0.717) is 12.0 Å². The maximum atomic E-state index is 5.46. The van der Waals surface area contributed by atoms with E-state index in [1.165, 1.54) is 47.9 Å². The molecule has 3 rings (SSSR count). The second-order valence-corrected chi connectivity index (χ2v) is 6.20. The zero-order valence-corrected chi connectivity index (χ0v) is 13.0. The molecule has 0 saturated heterocycles. The quantitative estimate of drug-likeness (QED) is 0.738. The van der Waals surface area contributed by atoms with Crippen LogP contribution in [0.4, 0.5) is 0 Å². The van der Waals surface area contributed by atoms with Crippen molar-refractivity contribution in [1.82, 2.24) is 0 Å². The van der Waals surface area contributed by atoms with Crippen LogP contribution >= 0.6 is 0 Å². The molecular formula is C20H24O. The van der Waals surface area contributed by atoms with Crippen molar-refractivity contribution >= 4 is 0 Å². The van der Waals surface area contributed by atoms with Gasteiger partial charge < -0.3 is 4.74 Å². The van der Waals surface area contributed by atoms with Crippen molar-refractivity contribution in [2.75, 3.05) is 7.11 Å². The highest BCUT2D eigenvalue weighted by Crippen LogP contribution is 2.34. The fraction of sp³-hybridized carbons (Fsp3) is 0.400. The molecule has 0 radical (unpaired) electrons. The number of hydrogen-bond donors (Lipinski definition) is 0. The molecule has 1 aliphatic rings. The molecule has 1 nitrogen and oxygen atoms in total. The Kier molecular flexibility index (Phi) is 4.40. The van der Waals surface area contributed by atoms with Gasteiger partial charge in [0, 0.05) is 7.11 Å². The van der Waals surface area contributed by atoms with Gasteiger partial charge in [0.05, 0.1) is 6.10 Å². The zero-order chi connectivity index (χ0) is 14.7. The topological polar surface area (TPSA) is 9.23 Å². The minimum atomic E-state index is 0.480. The van der Waals surface area contributed by atoms with Gasteiger partial charge in [-0.25, -0.2) is 0 Å². The van der Waals surface area contributed by atoms with Crippen LogP contribution in [0.25, 0.3) is 11.1 Å². The third kappa shape index (κ3) is 3.36. The highest BCUT2D eigenvalue weighted by molar-refractivity contribution is 5.64.